The number of fused-ring (bicyclic) bond motifs is 1. The molecule has 4 rings (SSSR count). The number of halogens is 2. The van der Waals surface area contributed by atoms with E-state index in [0.717, 1.165) is 63.6 Å². The maximum absolute atomic E-state index is 15.7. The first kappa shape index (κ1) is 32.1. The smallest absolute Gasteiger partial charge is 0.330 e. The molecule has 11 heteroatoms. The number of rotatable bonds is 14. The van der Waals surface area contributed by atoms with Gasteiger partial charge in [0.2, 0.25) is 5.95 Å². The summed E-state index contributed by atoms with van der Waals surface area (Å²) in [4.78, 5) is 29.0. The highest BCUT2D eigenvalue weighted by Crippen LogP contribution is 2.45. The number of benzene rings is 1. The number of hydrogen-bond acceptors (Lipinski definition) is 7. The van der Waals surface area contributed by atoms with Crippen LogP contribution in [0.3, 0.4) is 0 Å². The van der Waals surface area contributed by atoms with Gasteiger partial charge in [-0.2, -0.15) is 4.98 Å². The number of unbranched alkanes of at least 4 members (excludes halogenated alkanes) is 2. The van der Waals surface area contributed by atoms with Crippen LogP contribution in [0.2, 0.25) is 5.02 Å². The Bertz CT molecular complexity index is 1220. The third-order valence-corrected chi connectivity index (χ3v) is 8.49. The van der Waals surface area contributed by atoms with Crippen LogP contribution in [-0.4, -0.2) is 65.8 Å². The first-order valence-corrected chi connectivity index (χ1v) is 15.7. The van der Waals surface area contributed by atoms with Gasteiger partial charge in [-0.1, -0.05) is 30.9 Å². The molecule has 1 aromatic heterocycles. The van der Waals surface area contributed by atoms with Crippen LogP contribution in [0, 0.1) is 5.82 Å². The normalized spacial score (nSPS) is 15.7. The molecule has 1 fully saturated rings. The fraction of sp³-hybridized carbons (Fsp3) is 0.645. The van der Waals surface area contributed by atoms with E-state index in [1.165, 1.54) is 18.1 Å². The molecule has 1 saturated carbocycles. The van der Waals surface area contributed by atoms with Crippen molar-refractivity contribution in [1.29, 1.82) is 0 Å². The summed E-state index contributed by atoms with van der Waals surface area (Å²) >= 11 is 6.64. The zero-order valence-electron chi connectivity index (χ0n) is 25.9. The lowest BCUT2D eigenvalue weighted by Gasteiger charge is -2.39. The van der Waals surface area contributed by atoms with Crippen LogP contribution in [0.25, 0.3) is 0 Å². The summed E-state index contributed by atoms with van der Waals surface area (Å²) in [5, 5.41) is 3.38. The Labute approximate surface area is 254 Å². The Kier molecular flexibility index (Phi) is 11.1. The average molecular weight is 605 g/mol. The van der Waals surface area contributed by atoms with Crippen molar-refractivity contribution in [2.24, 2.45) is 0 Å². The summed E-state index contributed by atoms with van der Waals surface area (Å²) in [6, 6.07) is 2.09. The van der Waals surface area contributed by atoms with E-state index in [1.807, 2.05) is 6.92 Å². The lowest BCUT2D eigenvalue weighted by molar-refractivity contribution is 0.171. The highest BCUT2D eigenvalue weighted by Gasteiger charge is 2.41. The first-order chi connectivity index (χ1) is 20.2. The maximum atomic E-state index is 15.7. The Hall–Kier alpha value is -2.85. The van der Waals surface area contributed by atoms with Gasteiger partial charge in [0.25, 0.3) is 0 Å². The molecule has 42 heavy (non-hydrogen) atoms. The van der Waals surface area contributed by atoms with Crippen molar-refractivity contribution in [3.63, 3.8) is 0 Å². The molecule has 0 spiro atoms. The molecule has 0 unspecified atom stereocenters. The highest BCUT2D eigenvalue weighted by molar-refractivity contribution is 6.35. The van der Waals surface area contributed by atoms with Crippen LogP contribution in [0.15, 0.2) is 12.3 Å². The molecular formula is C31H46ClFN6O3. The van der Waals surface area contributed by atoms with Gasteiger partial charge in [0.1, 0.15) is 22.3 Å². The minimum absolute atomic E-state index is 0.0300. The number of nitrogens with zero attached hydrogens (tertiary/aromatic N) is 5. The lowest BCUT2D eigenvalue weighted by Crippen LogP contribution is -2.52. The van der Waals surface area contributed by atoms with Crippen LogP contribution < -0.4 is 24.6 Å². The monoisotopic (exact) mass is 604 g/mol. The zero-order chi connectivity index (χ0) is 30.4. The summed E-state index contributed by atoms with van der Waals surface area (Å²) in [6.45, 7) is 13.0. The standard InChI is InChI=1S/C31H46ClFN6O3/c1-7-42-24-17-25(41-6)27(33)28(26(24)32)38-19-22-18-35-30(34-15-11-8-12-16-37(20(2)3)21(4)5)36-29(22)39(31(38)40)23-13-9-10-14-23/h17-18,20-21,23H,7-16,19H2,1-6H3,(H,34,35,36). The molecular weight excluding hydrogens is 559 g/mol. The average Bonchev–Trinajstić information content (AvgIpc) is 3.48. The van der Waals surface area contributed by atoms with Gasteiger partial charge in [0.05, 0.1) is 20.3 Å². The number of ether oxygens (including phenoxy) is 2. The number of nitrogens with one attached hydrogen (secondary N) is 1. The maximum Gasteiger partial charge on any atom is 0.330 e. The van der Waals surface area contributed by atoms with Gasteiger partial charge in [-0.15, -0.1) is 0 Å². The number of carbonyl (C=O) groups is 1. The van der Waals surface area contributed by atoms with Crippen LogP contribution in [0.1, 0.15) is 85.1 Å². The van der Waals surface area contributed by atoms with Gasteiger partial charge in [-0.3, -0.25) is 14.7 Å². The topological polar surface area (TPSA) is 83.1 Å². The summed E-state index contributed by atoms with van der Waals surface area (Å²) in [7, 11) is 1.37. The molecule has 0 radical (unpaired) electrons. The van der Waals surface area contributed by atoms with Crippen LogP contribution in [0.5, 0.6) is 11.5 Å². The van der Waals surface area contributed by atoms with Crippen molar-refractivity contribution >= 4 is 35.1 Å². The van der Waals surface area contributed by atoms with Crippen molar-refractivity contribution < 1.29 is 18.7 Å². The molecule has 0 saturated heterocycles. The summed E-state index contributed by atoms with van der Waals surface area (Å²) in [5.74, 6) is 0.581. The van der Waals surface area contributed by atoms with Gasteiger partial charge in [0, 0.05) is 42.5 Å². The van der Waals surface area contributed by atoms with E-state index in [4.69, 9.17) is 26.1 Å². The van der Waals surface area contributed by atoms with Crippen molar-refractivity contribution in [1.82, 2.24) is 14.9 Å². The van der Waals surface area contributed by atoms with Gasteiger partial charge in [-0.05, 0) is 66.8 Å². The van der Waals surface area contributed by atoms with E-state index >= 15 is 4.39 Å². The number of carbonyl (C=O) groups excluding carboxylic acids is 1. The lowest BCUT2D eigenvalue weighted by atomic mass is 10.1. The summed E-state index contributed by atoms with van der Waals surface area (Å²) < 4.78 is 26.6. The van der Waals surface area contributed by atoms with Crippen molar-refractivity contribution in [2.75, 3.05) is 41.9 Å². The Morgan fingerprint density at radius 1 is 1.14 bits per heavy atom. The predicted octanol–water partition coefficient (Wildman–Crippen LogP) is 7.27. The minimum atomic E-state index is -0.710. The molecule has 232 valence electrons. The van der Waals surface area contributed by atoms with E-state index < -0.39 is 5.82 Å². The van der Waals surface area contributed by atoms with E-state index in [0.29, 0.717) is 30.5 Å². The number of aromatic nitrogens is 2. The zero-order valence-corrected chi connectivity index (χ0v) is 26.6. The summed E-state index contributed by atoms with van der Waals surface area (Å²) in [5.41, 5.74) is 0.666. The van der Waals surface area contributed by atoms with E-state index in [1.54, 1.807) is 11.1 Å². The Balaban J connectivity index is 1.53. The van der Waals surface area contributed by atoms with Gasteiger partial charge < -0.3 is 14.8 Å². The van der Waals surface area contributed by atoms with Gasteiger partial charge >= 0.3 is 6.03 Å². The second kappa shape index (κ2) is 14.6. The Morgan fingerprint density at radius 3 is 2.50 bits per heavy atom. The predicted molar refractivity (Wildman–Crippen MR) is 167 cm³/mol. The quantitative estimate of drug-likeness (QED) is 0.227. The first-order valence-electron chi connectivity index (χ1n) is 15.3. The third-order valence-electron chi connectivity index (χ3n) is 8.13. The second-order valence-electron chi connectivity index (χ2n) is 11.6. The van der Waals surface area contributed by atoms with Crippen LogP contribution in [0.4, 0.5) is 26.6 Å². The molecule has 1 aromatic carbocycles. The SMILES string of the molecule is CCOc1cc(OC)c(F)c(N2Cc3cnc(NCCCCCN(C(C)C)C(C)C)nc3N(C3CCCC3)C2=O)c1Cl. The second-order valence-corrected chi connectivity index (χ2v) is 12.0. The molecule has 9 nitrogen and oxygen atoms in total. The molecule has 2 amide bonds. The van der Waals surface area contributed by atoms with E-state index in [-0.39, 0.29) is 40.8 Å². The number of methoxy groups -OCH3 is 1. The number of hydrogen-bond donors (Lipinski definition) is 1. The van der Waals surface area contributed by atoms with Crippen LogP contribution in [-0.2, 0) is 6.54 Å². The Morgan fingerprint density at radius 2 is 1.86 bits per heavy atom. The van der Waals surface area contributed by atoms with E-state index in [2.05, 4.69) is 42.9 Å². The minimum Gasteiger partial charge on any atom is -0.493 e. The molecule has 2 heterocycles. The fourth-order valence-corrected chi connectivity index (χ4v) is 6.35. The fourth-order valence-electron chi connectivity index (χ4n) is 6.06. The molecule has 2 aromatic rings. The van der Waals surface area contributed by atoms with Crippen molar-refractivity contribution in [3.8, 4) is 11.5 Å². The van der Waals surface area contributed by atoms with Gasteiger partial charge in [-0.25, -0.2) is 14.2 Å². The summed E-state index contributed by atoms with van der Waals surface area (Å²) in [6.07, 6.45) is 8.72. The number of urea groups is 1. The third kappa shape index (κ3) is 7.02. The molecule has 0 atom stereocenters. The molecule has 1 aliphatic heterocycles. The van der Waals surface area contributed by atoms with E-state index in [9.17, 15) is 4.79 Å². The van der Waals surface area contributed by atoms with Crippen molar-refractivity contribution in [3.05, 3.63) is 28.7 Å². The number of anilines is 3. The molecule has 1 N–H and O–H groups in total. The molecule has 2 aliphatic rings. The largest absolute Gasteiger partial charge is 0.493 e. The molecule has 0 bridgehead atoms. The van der Waals surface area contributed by atoms with Crippen molar-refractivity contribution in [2.45, 2.75) is 104 Å². The molecule has 1 aliphatic carbocycles. The van der Waals surface area contributed by atoms with Gasteiger partial charge in [0.15, 0.2) is 11.6 Å². The van der Waals surface area contributed by atoms with Crippen LogP contribution >= 0.6 is 11.6 Å². The number of amides is 2. The highest BCUT2D eigenvalue weighted by atomic mass is 35.5.